The summed E-state index contributed by atoms with van der Waals surface area (Å²) in [6, 6.07) is 12.6. The molecule has 156 valence electrons. The number of morpholine rings is 1. The van der Waals surface area contributed by atoms with Crippen molar-refractivity contribution >= 4 is 23.1 Å². The van der Waals surface area contributed by atoms with Gasteiger partial charge in [-0.3, -0.25) is 9.59 Å². The first kappa shape index (κ1) is 20.0. The van der Waals surface area contributed by atoms with Crippen molar-refractivity contribution in [3.63, 3.8) is 0 Å². The SMILES string of the molecule is COc1ccc(C2=C(N3CCOCC3)C(=O)N(c3cccc(C)c3)C2=O)cc1OC. The van der Waals surface area contributed by atoms with Crippen LogP contribution in [-0.4, -0.2) is 57.2 Å². The molecule has 0 unspecified atom stereocenters. The van der Waals surface area contributed by atoms with E-state index in [1.54, 1.807) is 38.5 Å². The summed E-state index contributed by atoms with van der Waals surface area (Å²) in [6.45, 7) is 4.04. The first-order valence-corrected chi connectivity index (χ1v) is 9.80. The van der Waals surface area contributed by atoms with Crippen LogP contribution in [-0.2, 0) is 14.3 Å². The lowest BCUT2D eigenvalue weighted by Gasteiger charge is -2.29. The van der Waals surface area contributed by atoms with Crippen LogP contribution in [0.15, 0.2) is 48.2 Å². The first-order chi connectivity index (χ1) is 14.5. The molecule has 0 N–H and O–H groups in total. The van der Waals surface area contributed by atoms with Crippen LogP contribution in [0.1, 0.15) is 11.1 Å². The maximum atomic E-state index is 13.6. The molecule has 2 aliphatic heterocycles. The number of rotatable bonds is 5. The highest BCUT2D eigenvalue weighted by Crippen LogP contribution is 2.38. The molecule has 1 fully saturated rings. The topological polar surface area (TPSA) is 68.3 Å². The number of aryl methyl sites for hydroxylation is 1. The molecule has 30 heavy (non-hydrogen) atoms. The van der Waals surface area contributed by atoms with Gasteiger partial charge >= 0.3 is 0 Å². The second kappa shape index (κ2) is 8.20. The summed E-state index contributed by atoms with van der Waals surface area (Å²) in [5, 5.41) is 0. The van der Waals surface area contributed by atoms with Gasteiger partial charge in [-0.2, -0.15) is 0 Å². The van der Waals surface area contributed by atoms with Gasteiger partial charge in [0.1, 0.15) is 5.70 Å². The van der Waals surface area contributed by atoms with Crippen LogP contribution in [0.3, 0.4) is 0 Å². The fourth-order valence-corrected chi connectivity index (χ4v) is 3.85. The Balaban J connectivity index is 1.85. The highest BCUT2D eigenvalue weighted by Gasteiger charge is 2.43. The molecule has 0 saturated carbocycles. The quantitative estimate of drug-likeness (QED) is 0.709. The zero-order valence-corrected chi connectivity index (χ0v) is 17.3. The van der Waals surface area contributed by atoms with Crippen molar-refractivity contribution in [3.8, 4) is 11.5 Å². The second-order valence-corrected chi connectivity index (χ2v) is 7.18. The Morgan fingerprint density at radius 1 is 0.900 bits per heavy atom. The van der Waals surface area contributed by atoms with Crippen LogP contribution < -0.4 is 14.4 Å². The third-order valence-electron chi connectivity index (χ3n) is 5.32. The third-order valence-corrected chi connectivity index (χ3v) is 5.32. The molecule has 0 aliphatic carbocycles. The van der Waals surface area contributed by atoms with Crippen LogP contribution in [0.2, 0.25) is 0 Å². The van der Waals surface area contributed by atoms with Crippen LogP contribution in [0.4, 0.5) is 5.69 Å². The minimum atomic E-state index is -0.348. The van der Waals surface area contributed by atoms with Gasteiger partial charge in [0.05, 0.1) is 38.7 Å². The smallest absolute Gasteiger partial charge is 0.282 e. The van der Waals surface area contributed by atoms with Gasteiger partial charge in [0.15, 0.2) is 11.5 Å². The number of carbonyl (C=O) groups is 2. The van der Waals surface area contributed by atoms with Gasteiger partial charge in [0, 0.05) is 13.1 Å². The molecule has 2 aliphatic rings. The number of benzene rings is 2. The predicted octanol–water partition coefficient (Wildman–Crippen LogP) is 2.63. The van der Waals surface area contributed by atoms with Gasteiger partial charge in [-0.05, 0) is 42.3 Å². The van der Waals surface area contributed by atoms with E-state index in [1.165, 1.54) is 4.90 Å². The summed E-state index contributed by atoms with van der Waals surface area (Å²) >= 11 is 0. The van der Waals surface area contributed by atoms with Gasteiger partial charge < -0.3 is 19.1 Å². The van der Waals surface area contributed by atoms with E-state index in [0.29, 0.717) is 60.3 Å². The molecule has 0 radical (unpaired) electrons. The fourth-order valence-electron chi connectivity index (χ4n) is 3.85. The lowest BCUT2D eigenvalue weighted by molar-refractivity contribution is -0.121. The number of hydrogen-bond donors (Lipinski definition) is 0. The van der Waals surface area contributed by atoms with Crippen molar-refractivity contribution in [1.29, 1.82) is 0 Å². The summed E-state index contributed by atoms with van der Waals surface area (Å²) in [4.78, 5) is 30.2. The van der Waals surface area contributed by atoms with Crippen molar-refractivity contribution in [1.82, 2.24) is 4.90 Å². The average Bonchev–Trinajstić information content (AvgIpc) is 3.03. The predicted molar refractivity (Wildman–Crippen MR) is 113 cm³/mol. The molecule has 0 aromatic heterocycles. The van der Waals surface area contributed by atoms with E-state index in [-0.39, 0.29) is 11.8 Å². The largest absolute Gasteiger partial charge is 0.493 e. The number of imide groups is 1. The Labute approximate surface area is 175 Å². The summed E-state index contributed by atoms with van der Waals surface area (Å²) in [6.07, 6.45) is 0. The van der Waals surface area contributed by atoms with Gasteiger partial charge in [-0.15, -0.1) is 0 Å². The number of anilines is 1. The molecule has 2 aromatic carbocycles. The summed E-state index contributed by atoms with van der Waals surface area (Å²) < 4.78 is 16.2. The maximum Gasteiger partial charge on any atom is 0.282 e. The molecule has 0 atom stereocenters. The molecule has 7 nitrogen and oxygen atoms in total. The molecule has 2 heterocycles. The molecule has 4 rings (SSSR count). The van der Waals surface area contributed by atoms with Crippen molar-refractivity contribution in [2.45, 2.75) is 6.92 Å². The van der Waals surface area contributed by atoms with E-state index in [1.807, 2.05) is 30.0 Å². The van der Waals surface area contributed by atoms with E-state index in [2.05, 4.69) is 0 Å². The molecule has 1 saturated heterocycles. The molecule has 7 heteroatoms. The zero-order valence-electron chi connectivity index (χ0n) is 17.3. The highest BCUT2D eigenvalue weighted by molar-refractivity contribution is 6.45. The van der Waals surface area contributed by atoms with E-state index in [9.17, 15) is 9.59 Å². The van der Waals surface area contributed by atoms with Gasteiger partial charge in [-0.25, -0.2) is 4.90 Å². The van der Waals surface area contributed by atoms with Crippen LogP contribution in [0.5, 0.6) is 11.5 Å². The fraction of sp³-hybridized carbons (Fsp3) is 0.304. The summed E-state index contributed by atoms with van der Waals surface area (Å²) in [5.41, 5.74) is 2.91. The number of carbonyl (C=O) groups excluding carboxylic acids is 2. The lowest BCUT2D eigenvalue weighted by Crippen LogP contribution is -2.40. The Hall–Kier alpha value is -3.32. The number of methoxy groups -OCH3 is 2. The Kier molecular flexibility index (Phi) is 5.46. The minimum Gasteiger partial charge on any atom is -0.493 e. The molecule has 0 spiro atoms. The van der Waals surface area contributed by atoms with Gasteiger partial charge in [-0.1, -0.05) is 18.2 Å². The molecular formula is C23H24N2O5. The lowest BCUT2D eigenvalue weighted by atomic mass is 10.0. The van der Waals surface area contributed by atoms with Crippen LogP contribution in [0, 0.1) is 6.92 Å². The van der Waals surface area contributed by atoms with E-state index in [0.717, 1.165) is 5.56 Å². The second-order valence-electron chi connectivity index (χ2n) is 7.18. The summed E-state index contributed by atoms with van der Waals surface area (Å²) in [7, 11) is 3.10. The Morgan fingerprint density at radius 2 is 1.63 bits per heavy atom. The average molecular weight is 408 g/mol. The zero-order chi connectivity index (χ0) is 21.3. The van der Waals surface area contributed by atoms with E-state index >= 15 is 0 Å². The Morgan fingerprint density at radius 3 is 2.30 bits per heavy atom. The number of amides is 2. The van der Waals surface area contributed by atoms with Gasteiger partial charge in [0.25, 0.3) is 11.8 Å². The first-order valence-electron chi connectivity index (χ1n) is 9.80. The van der Waals surface area contributed by atoms with Crippen molar-refractivity contribution < 1.29 is 23.8 Å². The maximum absolute atomic E-state index is 13.6. The number of ether oxygens (including phenoxy) is 3. The van der Waals surface area contributed by atoms with Crippen LogP contribution >= 0.6 is 0 Å². The monoisotopic (exact) mass is 408 g/mol. The third kappa shape index (κ3) is 3.41. The molecular weight excluding hydrogens is 384 g/mol. The Bertz CT molecular complexity index is 1020. The van der Waals surface area contributed by atoms with E-state index in [4.69, 9.17) is 14.2 Å². The number of nitrogens with zero attached hydrogens (tertiary/aromatic N) is 2. The van der Waals surface area contributed by atoms with Crippen LogP contribution in [0.25, 0.3) is 5.57 Å². The van der Waals surface area contributed by atoms with Crippen molar-refractivity contribution in [3.05, 3.63) is 59.3 Å². The normalized spacial score (nSPS) is 17.0. The molecule has 2 aromatic rings. The van der Waals surface area contributed by atoms with Crippen molar-refractivity contribution in [2.75, 3.05) is 45.4 Å². The summed E-state index contributed by atoms with van der Waals surface area (Å²) in [5.74, 6) is 0.386. The van der Waals surface area contributed by atoms with E-state index < -0.39 is 0 Å². The molecule has 2 amide bonds. The highest BCUT2D eigenvalue weighted by atomic mass is 16.5. The minimum absolute atomic E-state index is 0.322. The van der Waals surface area contributed by atoms with Gasteiger partial charge in [0.2, 0.25) is 0 Å². The molecule has 0 bridgehead atoms. The van der Waals surface area contributed by atoms with Crippen molar-refractivity contribution in [2.24, 2.45) is 0 Å². The standard InChI is InChI=1S/C23H24N2O5/c1-15-5-4-6-17(13-15)25-22(26)20(16-7-8-18(28-2)19(14-16)29-3)21(23(25)27)24-9-11-30-12-10-24/h4-8,13-14H,9-12H2,1-3H3. The number of hydrogen-bond acceptors (Lipinski definition) is 6.